The number of hydrogen-bond acceptors (Lipinski definition) is 7. The first-order valence-corrected chi connectivity index (χ1v) is 7.85. The molecule has 3 atom stereocenters. The van der Waals surface area contributed by atoms with Crippen molar-refractivity contribution in [1.82, 2.24) is 0 Å². The van der Waals surface area contributed by atoms with E-state index in [-0.39, 0.29) is 36.7 Å². The van der Waals surface area contributed by atoms with Gasteiger partial charge in [0.1, 0.15) is 17.4 Å². The standard InChI is InChI=1S/C17H22O7/c1-4-22-15(19)12-10(18)9-17(3,21)14(16(20)23-5-2)13(12)11-7-6-8-24-11/h6-8,13-14,18,21H,4-5,9H2,1-3H3/t13-,14+,17+/m1/s1. The number of aliphatic hydroxyl groups is 2. The molecule has 132 valence electrons. The number of esters is 2. The molecule has 2 N–H and O–H groups in total. The zero-order valence-corrected chi connectivity index (χ0v) is 13.9. The molecule has 1 aliphatic rings. The Morgan fingerprint density at radius 2 is 2.00 bits per heavy atom. The fourth-order valence-electron chi connectivity index (χ4n) is 3.10. The molecule has 0 unspecified atom stereocenters. The molecule has 7 nitrogen and oxygen atoms in total. The van der Waals surface area contributed by atoms with Crippen molar-refractivity contribution in [2.45, 2.75) is 38.7 Å². The Kier molecular flexibility index (Phi) is 5.33. The highest BCUT2D eigenvalue weighted by Gasteiger charge is 2.53. The van der Waals surface area contributed by atoms with Gasteiger partial charge in [0.15, 0.2) is 0 Å². The maximum absolute atomic E-state index is 12.5. The first-order chi connectivity index (χ1) is 11.3. The number of carbonyl (C=O) groups excluding carboxylic acids is 2. The van der Waals surface area contributed by atoms with Crippen molar-refractivity contribution < 1.29 is 33.7 Å². The third-order valence-electron chi connectivity index (χ3n) is 4.04. The van der Waals surface area contributed by atoms with Gasteiger partial charge in [0.2, 0.25) is 0 Å². The van der Waals surface area contributed by atoms with Crippen LogP contribution < -0.4 is 0 Å². The molecular formula is C17H22O7. The van der Waals surface area contributed by atoms with Crippen molar-refractivity contribution in [2.24, 2.45) is 5.92 Å². The third kappa shape index (κ3) is 3.31. The van der Waals surface area contributed by atoms with Gasteiger partial charge >= 0.3 is 11.9 Å². The Labute approximate surface area is 139 Å². The molecule has 0 bridgehead atoms. The van der Waals surface area contributed by atoms with Gasteiger partial charge in [-0.2, -0.15) is 0 Å². The zero-order valence-electron chi connectivity index (χ0n) is 13.9. The van der Waals surface area contributed by atoms with E-state index in [1.807, 2.05) is 0 Å². The van der Waals surface area contributed by atoms with Crippen molar-refractivity contribution in [3.05, 3.63) is 35.5 Å². The average molecular weight is 338 g/mol. The van der Waals surface area contributed by atoms with E-state index < -0.39 is 29.4 Å². The summed E-state index contributed by atoms with van der Waals surface area (Å²) in [7, 11) is 0. The van der Waals surface area contributed by atoms with Crippen LogP contribution in [0.15, 0.2) is 34.1 Å². The topological polar surface area (TPSA) is 106 Å². The molecule has 0 spiro atoms. The molecule has 0 saturated carbocycles. The second-order valence-electron chi connectivity index (χ2n) is 5.84. The van der Waals surface area contributed by atoms with Crippen molar-refractivity contribution in [3.8, 4) is 0 Å². The van der Waals surface area contributed by atoms with E-state index in [1.165, 1.54) is 13.2 Å². The van der Waals surface area contributed by atoms with Crippen LogP contribution in [-0.4, -0.2) is 41.0 Å². The van der Waals surface area contributed by atoms with Gasteiger partial charge in [-0.1, -0.05) is 0 Å². The molecule has 1 aliphatic carbocycles. The van der Waals surface area contributed by atoms with Crippen LogP contribution in [0.2, 0.25) is 0 Å². The van der Waals surface area contributed by atoms with Crippen LogP contribution in [0, 0.1) is 5.92 Å². The summed E-state index contributed by atoms with van der Waals surface area (Å²) in [6, 6.07) is 3.17. The molecule has 24 heavy (non-hydrogen) atoms. The van der Waals surface area contributed by atoms with E-state index in [9.17, 15) is 19.8 Å². The fourth-order valence-corrected chi connectivity index (χ4v) is 3.10. The van der Waals surface area contributed by atoms with E-state index >= 15 is 0 Å². The van der Waals surface area contributed by atoms with Gasteiger partial charge in [0.25, 0.3) is 0 Å². The van der Waals surface area contributed by atoms with Crippen LogP contribution in [0.3, 0.4) is 0 Å². The van der Waals surface area contributed by atoms with Gasteiger partial charge < -0.3 is 24.1 Å². The minimum Gasteiger partial charge on any atom is -0.512 e. The second kappa shape index (κ2) is 7.09. The molecule has 0 radical (unpaired) electrons. The molecule has 2 rings (SSSR count). The third-order valence-corrected chi connectivity index (χ3v) is 4.04. The molecule has 1 heterocycles. The Morgan fingerprint density at radius 1 is 1.33 bits per heavy atom. The molecule has 1 aromatic heterocycles. The summed E-state index contributed by atoms with van der Waals surface area (Å²) in [4.78, 5) is 24.8. The monoisotopic (exact) mass is 338 g/mol. The van der Waals surface area contributed by atoms with Crippen LogP contribution in [-0.2, 0) is 19.1 Å². The fraction of sp³-hybridized carbons (Fsp3) is 0.529. The zero-order chi connectivity index (χ0) is 17.9. The molecule has 0 aliphatic heterocycles. The minimum absolute atomic E-state index is 0.0867. The quantitative estimate of drug-likeness (QED) is 0.792. The van der Waals surface area contributed by atoms with Gasteiger partial charge in [-0.15, -0.1) is 0 Å². The van der Waals surface area contributed by atoms with Crippen LogP contribution >= 0.6 is 0 Å². The first kappa shape index (κ1) is 18.1. The molecule has 0 fully saturated rings. The van der Waals surface area contributed by atoms with Gasteiger partial charge in [-0.25, -0.2) is 4.79 Å². The lowest BCUT2D eigenvalue weighted by atomic mass is 9.68. The first-order valence-electron chi connectivity index (χ1n) is 7.85. The number of furan rings is 1. The van der Waals surface area contributed by atoms with Crippen molar-refractivity contribution in [3.63, 3.8) is 0 Å². The van der Waals surface area contributed by atoms with Crippen LogP contribution in [0.25, 0.3) is 0 Å². The van der Waals surface area contributed by atoms with E-state index in [0.717, 1.165) is 0 Å². The lowest BCUT2D eigenvalue weighted by Crippen LogP contribution is -2.49. The highest BCUT2D eigenvalue weighted by Crippen LogP contribution is 2.47. The largest absolute Gasteiger partial charge is 0.512 e. The smallest absolute Gasteiger partial charge is 0.338 e. The van der Waals surface area contributed by atoms with Gasteiger partial charge in [0, 0.05) is 6.42 Å². The summed E-state index contributed by atoms with van der Waals surface area (Å²) in [6.07, 6.45) is 1.13. The Morgan fingerprint density at radius 3 is 2.54 bits per heavy atom. The van der Waals surface area contributed by atoms with Crippen molar-refractivity contribution in [2.75, 3.05) is 13.2 Å². The maximum Gasteiger partial charge on any atom is 0.338 e. The SMILES string of the molecule is CCOC(=O)C1=C(O)C[C@](C)(O)[C@H](C(=O)OCC)[C@@H]1c1ccco1. The molecule has 7 heteroatoms. The van der Waals surface area contributed by atoms with Gasteiger partial charge in [0.05, 0.1) is 36.6 Å². The molecular weight excluding hydrogens is 316 g/mol. The molecule has 0 amide bonds. The average Bonchev–Trinajstić information content (AvgIpc) is 2.99. The molecule has 0 aromatic carbocycles. The van der Waals surface area contributed by atoms with E-state index in [1.54, 1.807) is 26.0 Å². The summed E-state index contributed by atoms with van der Waals surface area (Å²) >= 11 is 0. The van der Waals surface area contributed by atoms with Crippen LogP contribution in [0.5, 0.6) is 0 Å². The summed E-state index contributed by atoms with van der Waals surface area (Å²) < 4.78 is 15.4. The lowest BCUT2D eigenvalue weighted by molar-refractivity contribution is -0.161. The number of hydrogen-bond donors (Lipinski definition) is 2. The molecule has 1 aromatic rings. The lowest BCUT2D eigenvalue weighted by Gasteiger charge is -2.40. The maximum atomic E-state index is 12.5. The summed E-state index contributed by atoms with van der Waals surface area (Å²) in [6.45, 7) is 4.94. The van der Waals surface area contributed by atoms with E-state index in [4.69, 9.17) is 13.9 Å². The molecule has 0 saturated heterocycles. The number of rotatable bonds is 5. The van der Waals surface area contributed by atoms with Gasteiger partial charge in [-0.3, -0.25) is 4.79 Å². The van der Waals surface area contributed by atoms with E-state index in [0.29, 0.717) is 0 Å². The van der Waals surface area contributed by atoms with Crippen LogP contribution in [0.4, 0.5) is 0 Å². The highest BCUT2D eigenvalue weighted by molar-refractivity contribution is 5.93. The number of aliphatic hydroxyl groups excluding tert-OH is 1. The second-order valence-corrected chi connectivity index (χ2v) is 5.84. The number of carbonyl (C=O) groups is 2. The van der Waals surface area contributed by atoms with Crippen LogP contribution in [0.1, 0.15) is 38.9 Å². The predicted octanol–water partition coefficient (Wildman–Crippen LogP) is 2.07. The summed E-state index contributed by atoms with van der Waals surface area (Å²) in [5, 5.41) is 21.0. The Balaban J connectivity index is 2.59. The summed E-state index contributed by atoms with van der Waals surface area (Å²) in [5.74, 6) is -3.58. The Bertz CT molecular complexity index is 627. The van der Waals surface area contributed by atoms with Crippen molar-refractivity contribution >= 4 is 11.9 Å². The van der Waals surface area contributed by atoms with Gasteiger partial charge in [-0.05, 0) is 32.9 Å². The predicted molar refractivity (Wildman–Crippen MR) is 83.1 cm³/mol. The number of ether oxygens (including phenoxy) is 2. The Hall–Kier alpha value is -2.28. The highest BCUT2D eigenvalue weighted by atomic mass is 16.5. The van der Waals surface area contributed by atoms with Crippen molar-refractivity contribution in [1.29, 1.82) is 0 Å². The normalized spacial score (nSPS) is 27.0. The van der Waals surface area contributed by atoms with E-state index in [2.05, 4.69) is 0 Å². The summed E-state index contributed by atoms with van der Waals surface area (Å²) in [5.41, 5.74) is -1.69. The minimum atomic E-state index is -1.61.